The minimum atomic E-state index is -0.404. The number of aromatic nitrogens is 2. The fraction of sp³-hybridized carbons (Fsp3) is 0.769. The summed E-state index contributed by atoms with van der Waals surface area (Å²) in [5, 5.41) is 14.3. The Bertz CT molecular complexity index is 491. The second kappa shape index (κ2) is 4.51. The summed E-state index contributed by atoms with van der Waals surface area (Å²) in [5.74, 6) is 3.54. The van der Waals surface area contributed by atoms with Crippen molar-refractivity contribution in [1.82, 2.24) is 9.55 Å². The molecular formula is C13H20N4O2. The molecule has 0 aromatic carbocycles. The lowest BCUT2D eigenvalue weighted by molar-refractivity contribution is -0.388. The van der Waals surface area contributed by atoms with Crippen molar-refractivity contribution in [1.29, 1.82) is 0 Å². The summed E-state index contributed by atoms with van der Waals surface area (Å²) >= 11 is 0. The van der Waals surface area contributed by atoms with Crippen molar-refractivity contribution in [2.24, 2.45) is 24.8 Å². The zero-order valence-corrected chi connectivity index (χ0v) is 11.4. The summed E-state index contributed by atoms with van der Waals surface area (Å²) in [6.45, 7) is 2.63. The number of aryl methyl sites for hydroxylation is 1. The van der Waals surface area contributed by atoms with Crippen LogP contribution in [0.4, 0.5) is 11.6 Å². The third-order valence-corrected chi connectivity index (χ3v) is 4.43. The SMILES string of the molecule is Cc1nc([N+](=O)[O-])c(NCC(C2CC2)C2CC2)n1C. The molecule has 0 unspecified atom stereocenters. The van der Waals surface area contributed by atoms with Gasteiger partial charge in [-0.05, 0) is 53.3 Å². The number of imidazole rings is 1. The smallest absolute Gasteiger partial charge is 0.364 e. The van der Waals surface area contributed by atoms with Crippen molar-refractivity contribution in [2.75, 3.05) is 11.9 Å². The number of nitrogens with zero attached hydrogens (tertiary/aromatic N) is 3. The molecule has 2 aliphatic rings. The van der Waals surface area contributed by atoms with E-state index < -0.39 is 4.92 Å². The Kier molecular flexibility index (Phi) is 2.95. The number of rotatable bonds is 6. The van der Waals surface area contributed by atoms with Crippen LogP contribution in [0, 0.1) is 34.8 Å². The van der Waals surface area contributed by atoms with Crippen molar-refractivity contribution in [3.05, 3.63) is 15.9 Å². The molecule has 2 aliphatic carbocycles. The van der Waals surface area contributed by atoms with Gasteiger partial charge in [-0.15, -0.1) is 0 Å². The van der Waals surface area contributed by atoms with Crippen LogP contribution < -0.4 is 5.32 Å². The molecule has 0 atom stereocenters. The quantitative estimate of drug-likeness (QED) is 0.633. The molecule has 1 aromatic heterocycles. The largest absolute Gasteiger partial charge is 0.406 e. The van der Waals surface area contributed by atoms with E-state index in [2.05, 4.69) is 10.3 Å². The standard InChI is InChI=1S/C13H20N4O2/c1-8-15-13(17(18)19)12(16(8)2)14-7-11(9-3-4-9)10-5-6-10/h9-11,14H,3-7H2,1-2H3. The maximum Gasteiger partial charge on any atom is 0.406 e. The Hall–Kier alpha value is -1.59. The molecule has 19 heavy (non-hydrogen) atoms. The second-order valence-electron chi connectivity index (χ2n) is 5.87. The predicted molar refractivity (Wildman–Crippen MR) is 72.0 cm³/mol. The van der Waals surface area contributed by atoms with E-state index in [1.165, 1.54) is 25.7 Å². The van der Waals surface area contributed by atoms with Gasteiger partial charge in [0.1, 0.15) is 0 Å². The van der Waals surface area contributed by atoms with Gasteiger partial charge in [0, 0.05) is 20.5 Å². The van der Waals surface area contributed by atoms with Crippen LogP contribution in [0.15, 0.2) is 0 Å². The number of nitrogens with one attached hydrogen (secondary N) is 1. The lowest BCUT2D eigenvalue weighted by Crippen LogP contribution is -2.20. The van der Waals surface area contributed by atoms with Crippen molar-refractivity contribution in [3.8, 4) is 0 Å². The van der Waals surface area contributed by atoms with Gasteiger partial charge in [-0.1, -0.05) is 0 Å². The summed E-state index contributed by atoms with van der Waals surface area (Å²) in [6, 6.07) is 0. The zero-order valence-electron chi connectivity index (χ0n) is 11.4. The molecular weight excluding hydrogens is 244 g/mol. The average molecular weight is 264 g/mol. The van der Waals surface area contributed by atoms with Crippen LogP contribution in [0.5, 0.6) is 0 Å². The van der Waals surface area contributed by atoms with Gasteiger partial charge in [0.25, 0.3) is 0 Å². The van der Waals surface area contributed by atoms with Crippen LogP contribution in [-0.4, -0.2) is 21.0 Å². The molecule has 1 aromatic rings. The lowest BCUT2D eigenvalue weighted by atomic mass is 9.98. The van der Waals surface area contributed by atoms with Gasteiger partial charge < -0.3 is 15.4 Å². The van der Waals surface area contributed by atoms with Gasteiger partial charge in [-0.3, -0.25) is 4.57 Å². The Morgan fingerprint density at radius 1 is 1.42 bits per heavy atom. The maximum absolute atomic E-state index is 11.0. The Balaban J connectivity index is 1.73. The third kappa shape index (κ3) is 2.43. The first-order valence-electron chi connectivity index (χ1n) is 6.99. The summed E-state index contributed by atoms with van der Waals surface area (Å²) in [4.78, 5) is 14.6. The zero-order chi connectivity index (χ0) is 13.6. The van der Waals surface area contributed by atoms with E-state index in [0.717, 1.165) is 18.4 Å². The summed E-state index contributed by atoms with van der Waals surface area (Å²) in [6.07, 6.45) is 5.31. The van der Waals surface area contributed by atoms with E-state index in [4.69, 9.17) is 0 Å². The van der Waals surface area contributed by atoms with Gasteiger partial charge in [0.2, 0.25) is 11.6 Å². The van der Waals surface area contributed by atoms with E-state index in [0.29, 0.717) is 17.6 Å². The van der Waals surface area contributed by atoms with Crippen LogP contribution in [0.1, 0.15) is 31.5 Å². The average Bonchev–Trinajstić information content (AvgIpc) is 3.24. The summed E-state index contributed by atoms with van der Waals surface area (Å²) in [5.41, 5.74) is 0. The highest BCUT2D eigenvalue weighted by Gasteiger charge is 2.41. The molecule has 0 spiro atoms. The Morgan fingerprint density at radius 2 is 2.00 bits per heavy atom. The van der Waals surface area contributed by atoms with E-state index in [1.807, 2.05) is 7.05 Å². The van der Waals surface area contributed by atoms with Crippen LogP contribution in [0.2, 0.25) is 0 Å². The molecule has 0 aliphatic heterocycles. The Labute approximate surface area is 112 Å². The summed E-state index contributed by atoms with van der Waals surface area (Å²) in [7, 11) is 1.82. The van der Waals surface area contributed by atoms with E-state index in [1.54, 1.807) is 11.5 Å². The number of hydrogen-bond acceptors (Lipinski definition) is 4. The Morgan fingerprint density at radius 3 is 2.47 bits per heavy atom. The molecule has 1 heterocycles. The first kappa shape index (κ1) is 12.4. The van der Waals surface area contributed by atoms with Gasteiger partial charge in [-0.2, -0.15) is 0 Å². The molecule has 6 heteroatoms. The van der Waals surface area contributed by atoms with Crippen LogP contribution in [0.3, 0.4) is 0 Å². The molecule has 0 amide bonds. The molecule has 2 saturated carbocycles. The molecule has 2 fully saturated rings. The minimum absolute atomic E-state index is 0.0506. The normalized spacial score (nSPS) is 18.9. The van der Waals surface area contributed by atoms with Gasteiger partial charge in [0.05, 0.1) is 0 Å². The van der Waals surface area contributed by atoms with Crippen LogP contribution >= 0.6 is 0 Å². The second-order valence-corrected chi connectivity index (χ2v) is 5.87. The molecule has 0 bridgehead atoms. The van der Waals surface area contributed by atoms with Crippen molar-refractivity contribution in [3.63, 3.8) is 0 Å². The third-order valence-electron chi connectivity index (χ3n) is 4.43. The molecule has 104 valence electrons. The molecule has 0 radical (unpaired) electrons. The van der Waals surface area contributed by atoms with Crippen molar-refractivity contribution in [2.45, 2.75) is 32.6 Å². The first-order valence-corrected chi connectivity index (χ1v) is 6.99. The van der Waals surface area contributed by atoms with E-state index in [9.17, 15) is 10.1 Å². The van der Waals surface area contributed by atoms with Crippen LogP contribution in [0.25, 0.3) is 0 Å². The highest BCUT2D eigenvalue weighted by Crippen LogP contribution is 2.49. The number of anilines is 1. The molecule has 6 nitrogen and oxygen atoms in total. The van der Waals surface area contributed by atoms with E-state index >= 15 is 0 Å². The predicted octanol–water partition coefficient (Wildman–Crippen LogP) is 2.48. The highest BCUT2D eigenvalue weighted by atomic mass is 16.6. The fourth-order valence-electron chi connectivity index (χ4n) is 2.90. The molecule has 3 rings (SSSR count). The number of nitro groups is 1. The number of hydrogen-bond donors (Lipinski definition) is 1. The fourth-order valence-corrected chi connectivity index (χ4v) is 2.90. The van der Waals surface area contributed by atoms with Crippen LogP contribution in [-0.2, 0) is 7.05 Å². The molecule has 1 N–H and O–H groups in total. The van der Waals surface area contributed by atoms with Gasteiger partial charge in [0.15, 0.2) is 0 Å². The van der Waals surface area contributed by atoms with Gasteiger partial charge in [-0.25, -0.2) is 0 Å². The van der Waals surface area contributed by atoms with Crippen molar-refractivity contribution >= 4 is 11.6 Å². The molecule has 0 saturated heterocycles. The lowest BCUT2D eigenvalue weighted by Gasteiger charge is -2.16. The summed E-state index contributed by atoms with van der Waals surface area (Å²) < 4.78 is 1.77. The highest BCUT2D eigenvalue weighted by molar-refractivity contribution is 5.53. The first-order chi connectivity index (χ1) is 9.08. The maximum atomic E-state index is 11.0. The van der Waals surface area contributed by atoms with Gasteiger partial charge >= 0.3 is 5.82 Å². The topological polar surface area (TPSA) is 73.0 Å². The minimum Gasteiger partial charge on any atom is -0.364 e. The van der Waals surface area contributed by atoms with E-state index in [-0.39, 0.29) is 5.82 Å². The van der Waals surface area contributed by atoms with Crippen molar-refractivity contribution < 1.29 is 4.92 Å². The monoisotopic (exact) mass is 264 g/mol.